The molecule has 4 nitrogen and oxygen atoms in total. The number of carboxylic acid groups (broad SMARTS) is 1. The number of aliphatic carboxylic acids is 1. The quantitative estimate of drug-likeness (QED) is 0.854. The second-order valence-corrected chi connectivity index (χ2v) is 5.30. The Bertz CT molecular complexity index is 666. The lowest BCUT2D eigenvalue weighted by atomic mass is 10.0. The summed E-state index contributed by atoms with van der Waals surface area (Å²) in [6.45, 7) is 2.70. The van der Waals surface area contributed by atoms with Gasteiger partial charge in [0, 0.05) is 19.5 Å². The van der Waals surface area contributed by atoms with E-state index in [1.165, 1.54) is 10.8 Å². The molecule has 1 amide bonds. The maximum atomic E-state index is 12.2. The van der Waals surface area contributed by atoms with Crippen molar-refractivity contribution in [3.05, 3.63) is 48.0 Å². The van der Waals surface area contributed by atoms with Gasteiger partial charge in [0.15, 0.2) is 0 Å². The Morgan fingerprint density at radius 1 is 1.05 bits per heavy atom. The first-order chi connectivity index (χ1) is 10.6. The lowest BCUT2D eigenvalue weighted by Crippen LogP contribution is -2.32. The van der Waals surface area contributed by atoms with Gasteiger partial charge >= 0.3 is 5.97 Å². The first-order valence-electron chi connectivity index (χ1n) is 7.57. The molecule has 0 heterocycles. The second kappa shape index (κ2) is 7.59. The molecule has 2 aromatic rings. The van der Waals surface area contributed by atoms with Gasteiger partial charge in [-0.3, -0.25) is 9.59 Å². The Kier molecular flexibility index (Phi) is 5.53. The molecule has 22 heavy (non-hydrogen) atoms. The number of amides is 1. The molecule has 2 rings (SSSR count). The van der Waals surface area contributed by atoms with Crippen molar-refractivity contribution < 1.29 is 14.7 Å². The second-order valence-electron chi connectivity index (χ2n) is 5.30. The number of nitrogens with zero attached hydrogens (tertiary/aromatic N) is 1. The number of hydrogen-bond acceptors (Lipinski definition) is 2. The molecule has 0 aliphatic carbocycles. The highest BCUT2D eigenvalue weighted by Crippen LogP contribution is 2.17. The molecule has 2 aromatic carbocycles. The number of fused-ring (bicyclic) bond motifs is 1. The first kappa shape index (κ1) is 16.0. The van der Waals surface area contributed by atoms with Crippen LogP contribution in [0.25, 0.3) is 10.8 Å². The molecule has 0 unspecified atom stereocenters. The third kappa shape index (κ3) is 4.32. The standard InChI is InChI=1S/C18H21NO3/c1-2-19(12-11-18(21)22)17(20)10-8-14-7-9-15-5-3-4-6-16(15)13-14/h3-7,9,13H,2,8,10-12H2,1H3,(H,21,22). The lowest BCUT2D eigenvalue weighted by Gasteiger charge is -2.20. The van der Waals surface area contributed by atoms with Crippen LogP contribution in [0.3, 0.4) is 0 Å². The van der Waals surface area contributed by atoms with E-state index in [9.17, 15) is 9.59 Å². The molecule has 0 aromatic heterocycles. The molecule has 0 saturated carbocycles. The Morgan fingerprint density at radius 2 is 1.77 bits per heavy atom. The molecule has 0 aliphatic heterocycles. The number of carbonyl (C=O) groups excluding carboxylic acids is 1. The van der Waals surface area contributed by atoms with Gasteiger partial charge in [0.2, 0.25) is 5.91 Å². The van der Waals surface area contributed by atoms with E-state index in [4.69, 9.17) is 5.11 Å². The van der Waals surface area contributed by atoms with E-state index < -0.39 is 5.97 Å². The van der Waals surface area contributed by atoms with Crippen molar-refractivity contribution in [1.82, 2.24) is 4.90 Å². The van der Waals surface area contributed by atoms with Crippen molar-refractivity contribution in [2.45, 2.75) is 26.2 Å². The molecule has 0 saturated heterocycles. The topological polar surface area (TPSA) is 57.6 Å². The van der Waals surface area contributed by atoms with Crippen LogP contribution in [0.4, 0.5) is 0 Å². The van der Waals surface area contributed by atoms with Crippen LogP contribution in [0.1, 0.15) is 25.3 Å². The van der Waals surface area contributed by atoms with E-state index in [-0.39, 0.29) is 18.9 Å². The minimum atomic E-state index is -0.874. The van der Waals surface area contributed by atoms with E-state index in [0.29, 0.717) is 19.4 Å². The smallest absolute Gasteiger partial charge is 0.305 e. The summed E-state index contributed by atoms with van der Waals surface area (Å²) in [4.78, 5) is 24.4. The molecular weight excluding hydrogens is 278 g/mol. The molecular formula is C18H21NO3. The van der Waals surface area contributed by atoms with Gasteiger partial charge < -0.3 is 10.0 Å². The van der Waals surface area contributed by atoms with E-state index in [1.807, 2.05) is 25.1 Å². The monoisotopic (exact) mass is 299 g/mol. The van der Waals surface area contributed by atoms with Crippen molar-refractivity contribution in [1.29, 1.82) is 0 Å². The number of benzene rings is 2. The molecule has 116 valence electrons. The predicted molar refractivity (Wildman–Crippen MR) is 86.8 cm³/mol. The van der Waals surface area contributed by atoms with Gasteiger partial charge in [-0.15, -0.1) is 0 Å². The highest BCUT2D eigenvalue weighted by Gasteiger charge is 2.13. The Hall–Kier alpha value is -2.36. The summed E-state index contributed by atoms with van der Waals surface area (Å²) in [6, 6.07) is 14.4. The lowest BCUT2D eigenvalue weighted by molar-refractivity contribution is -0.138. The molecule has 0 fully saturated rings. The largest absolute Gasteiger partial charge is 0.481 e. The van der Waals surface area contributed by atoms with E-state index in [0.717, 1.165) is 5.56 Å². The minimum absolute atomic E-state index is 0.00441. The van der Waals surface area contributed by atoms with Crippen molar-refractivity contribution >= 4 is 22.6 Å². The molecule has 4 heteroatoms. The van der Waals surface area contributed by atoms with E-state index >= 15 is 0 Å². The Labute approximate surface area is 130 Å². The summed E-state index contributed by atoms with van der Waals surface area (Å²) < 4.78 is 0. The number of aryl methyl sites for hydroxylation is 1. The van der Waals surface area contributed by atoms with Crippen LogP contribution in [0.15, 0.2) is 42.5 Å². The van der Waals surface area contributed by atoms with Crippen LogP contribution in [-0.4, -0.2) is 35.0 Å². The molecule has 0 spiro atoms. The van der Waals surface area contributed by atoms with Crippen LogP contribution >= 0.6 is 0 Å². The van der Waals surface area contributed by atoms with E-state index in [2.05, 4.69) is 24.3 Å². The maximum absolute atomic E-state index is 12.2. The van der Waals surface area contributed by atoms with Crippen molar-refractivity contribution in [3.8, 4) is 0 Å². The first-order valence-corrected chi connectivity index (χ1v) is 7.57. The van der Waals surface area contributed by atoms with Crippen molar-refractivity contribution in [2.75, 3.05) is 13.1 Å². The fraction of sp³-hybridized carbons (Fsp3) is 0.333. The van der Waals surface area contributed by atoms with Gasteiger partial charge in [0.1, 0.15) is 0 Å². The average Bonchev–Trinajstić information content (AvgIpc) is 2.53. The van der Waals surface area contributed by atoms with Crippen molar-refractivity contribution in [2.24, 2.45) is 0 Å². The zero-order chi connectivity index (χ0) is 15.9. The van der Waals surface area contributed by atoms with Crippen molar-refractivity contribution in [3.63, 3.8) is 0 Å². The summed E-state index contributed by atoms with van der Waals surface area (Å²) in [5.41, 5.74) is 1.13. The van der Waals surface area contributed by atoms with Gasteiger partial charge in [-0.2, -0.15) is 0 Å². The molecule has 0 radical (unpaired) electrons. The summed E-state index contributed by atoms with van der Waals surface area (Å²) in [5, 5.41) is 11.1. The summed E-state index contributed by atoms with van der Waals surface area (Å²) in [6.07, 6.45) is 1.08. The van der Waals surface area contributed by atoms with Crippen LogP contribution in [0.2, 0.25) is 0 Å². The highest BCUT2D eigenvalue weighted by atomic mass is 16.4. The fourth-order valence-corrected chi connectivity index (χ4v) is 2.49. The predicted octanol–water partition coefficient (Wildman–Crippen LogP) is 3.10. The normalized spacial score (nSPS) is 10.6. The molecule has 1 N–H and O–H groups in total. The third-order valence-electron chi connectivity index (χ3n) is 3.77. The number of hydrogen-bond donors (Lipinski definition) is 1. The van der Waals surface area contributed by atoms with Gasteiger partial charge in [0.25, 0.3) is 0 Å². The summed E-state index contributed by atoms with van der Waals surface area (Å²) >= 11 is 0. The zero-order valence-corrected chi connectivity index (χ0v) is 12.8. The highest BCUT2D eigenvalue weighted by molar-refractivity contribution is 5.83. The number of rotatable bonds is 7. The zero-order valence-electron chi connectivity index (χ0n) is 12.8. The van der Waals surface area contributed by atoms with Crippen LogP contribution in [-0.2, 0) is 16.0 Å². The average molecular weight is 299 g/mol. The Balaban J connectivity index is 1.94. The van der Waals surface area contributed by atoms with Gasteiger partial charge in [-0.25, -0.2) is 0 Å². The fourth-order valence-electron chi connectivity index (χ4n) is 2.49. The molecule has 0 atom stereocenters. The van der Waals surface area contributed by atoms with Crippen LogP contribution in [0, 0.1) is 0 Å². The SMILES string of the molecule is CCN(CCC(=O)O)C(=O)CCc1ccc2ccccc2c1. The van der Waals surface area contributed by atoms with Crippen LogP contribution in [0.5, 0.6) is 0 Å². The van der Waals surface area contributed by atoms with Gasteiger partial charge in [0.05, 0.1) is 6.42 Å². The maximum Gasteiger partial charge on any atom is 0.305 e. The summed E-state index contributed by atoms with van der Waals surface area (Å²) in [7, 11) is 0. The van der Waals surface area contributed by atoms with Gasteiger partial charge in [-0.1, -0.05) is 42.5 Å². The minimum Gasteiger partial charge on any atom is -0.481 e. The number of carboxylic acids is 1. The number of carbonyl (C=O) groups is 2. The third-order valence-corrected chi connectivity index (χ3v) is 3.77. The van der Waals surface area contributed by atoms with Gasteiger partial charge in [-0.05, 0) is 29.7 Å². The Morgan fingerprint density at radius 3 is 2.45 bits per heavy atom. The summed E-state index contributed by atoms with van der Waals surface area (Å²) in [5.74, 6) is -0.863. The molecule has 0 aliphatic rings. The molecule has 0 bridgehead atoms. The van der Waals surface area contributed by atoms with Crippen LogP contribution < -0.4 is 0 Å². The van der Waals surface area contributed by atoms with E-state index in [1.54, 1.807) is 4.90 Å².